The first-order valence-electron chi connectivity index (χ1n) is 8.69. The largest absolute Gasteiger partial charge is 0.207 e. The maximum absolute atomic E-state index is 13.7. The molecule has 2 aliphatic rings. The summed E-state index contributed by atoms with van der Waals surface area (Å²) >= 11 is 0. The van der Waals surface area contributed by atoms with E-state index < -0.39 is 11.6 Å². The molecule has 23 heavy (non-hydrogen) atoms. The van der Waals surface area contributed by atoms with Gasteiger partial charge >= 0.3 is 0 Å². The van der Waals surface area contributed by atoms with Crippen molar-refractivity contribution in [1.29, 1.82) is 0 Å². The van der Waals surface area contributed by atoms with Crippen LogP contribution < -0.4 is 0 Å². The zero-order chi connectivity index (χ0) is 15.7. The van der Waals surface area contributed by atoms with E-state index >= 15 is 0 Å². The lowest BCUT2D eigenvalue weighted by atomic mass is 9.71. The number of rotatable bonds is 2. The van der Waals surface area contributed by atoms with Crippen LogP contribution in [0.3, 0.4) is 0 Å². The molecule has 1 aromatic rings. The van der Waals surface area contributed by atoms with Crippen LogP contribution in [0.4, 0.5) is 8.78 Å². The summed E-state index contributed by atoms with van der Waals surface area (Å²) in [6.45, 7) is 3.85. The summed E-state index contributed by atoms with van der Waals surface area (Å²) in [6.07, 6.45) is 10.9. The average molecular weight is 322 g/mol. The van der Waals surface area contributed by atoms with E-state index in [1.54, 1.807) is 0 Å². The Morgan fingerprint density at radius 1 is 0.957 bits per heavy atom. The predicted molar refractivity (Wildman–Crippen MR) is 96.4 cm³/mol. The molecular weight excluding hydrogens is 290 g/mol. The first-order chi connectivity index (χ1) is 10.5. The van der Waals surface area contributed by atoms with E-state index in [0.29, 0.717) is 0 Å². The monoisotopic (exact) mass is 322 g/mol. The van der Waals surface area contributed by atoms with E-state index in [0.717, 1.165) is 41.7 Å². The summed E-state index contributed by atoms with van der Waals surface area (Å²) in [4.78, 5) is 0. The molecule has 2 aliphatic carbocycles. The Hall–Kier alpha value is -1.18. The second-order valence-corrected chi connectivity index (χ2v) is 7.35. The van der Waals surface area contributed by atoms with Crippen LogP contribution in [0.1, 0.15) is 71.8 Å². The SMILES string of the molecule is C.Cc1c(F)cc(C2=CCC(C3CCC(C)CC3)CC2)cc1F.[HH]. The van der Waals surface area contributed by atoms with E-state index in [2.05, 4.69) is 13.0 Å². The fourth-order valence-electron chi connectivity index (χ4n) is 4.13. The second-order valence-electron chi connectivity index (χ2n) is 7.35. The molecule has 0 saturated heterocycles. The molecule has 0 spiro atoms. The lowest BCUT2D eigenvalue weighted by molar-refractivity contribution is 0.202. The van der Waals surface area contributed by atoms with E-state index in [4.69, 9.17) is 0 Å². The van der Waals surface area contributed by atoms with Gasteiger partial charge in [-0.15, -0.1) is 0 Å². The smallest absolute Gasteiger partial charge is 0.129 e. The van der Waals surface area contributed by atoms with Crippen molar-refractivity contribution in [3.8, 4) is 0 Å². The number of allylic oxidation sites excluding steroid dienone is 2. The number of hydrogen-bond donors (Lipinski definition) is 0. The third-order valence-electron chi connectivity index (χ3n) is 5.83. The zero-order valence-electron chi connectivity index (χ0n) is 13.7. The third kappa shape index (κ3) is 4.02. The Morgan fingerprint density at radius 2 is 1.57 bits per heavy atom. The minimum absolute atomic E-state index is 0. The lowest BCUT2D eigenvalue weighted by Crippen LogP contribution is -2.22. The van der Waals surface area contributed by atoms with Gasteiger partial charge in [0.25, 0.3) is 0 Å². The van der Waals surface area contributed by atoms with Crippen LogP contribution in [0, 0.1) is 36.3 Å². The molecule has 1 atom stereocenters. The standard InChI is InChI=1S/C20H26F2.CH4.H2/c1-13-3-5-15(6-4-13)16-7-9-17(10-8-16)18-11-19(21)14(2)20(22)12-18;;/h9,11-13,15-16H,3-8,10H2,1-2H3;1H4;1H. The van der Waals surface area contributed by atoms with Crippen molar-refractivity contribution in [1.82, 2.24) is 0 Å². The van der Waals surface area contributed by atoms with Crippen molar-refractivity contribution in [2.45, 2.75) is 66.2 Å². The van der Waals surface area contributed by atoms with Gasteiger partial charge < -0.3 is 0 Å². The summed E-state index contributed by atoms with van der Waals surface area (Å²) in [7, 11) is 0. The van der Waals surface area contributed by atoms with E-state index in [1.807, 2.05) is 0 Å². The van der Waals surface area contributed by atoms with Crippen LogP contribution in [0.5, 0.6) is 0 Å². The van der Waals surface area contributed by atoms with E-state index in [-0.39, 0.29) is 14.4 Å². The average Bonchev–Trinajstić information content (AvgIpc) is 2.53. The number of benzene rings is 1. The Labute approximate surface area is 141 Å². The van der Waals surface area contributed by atoms with Gasteiger partial charge in [0.2, 0.25) is 0 Å². The van der Waals surface area contributed by atoms with Crippen LogP contribution in [-0.4, -0.2) is 0 Å². The topological polar surface area (TPSA) is 0 Å². The summed E-state index contributed by atoms with van der Waals surface area (Å²) in [5, 5.41) is 0. The molecule has 3 rings (SSSR count). The van der Waals surface area contributed by atoms with Gasteiger partial charge in [0.15, 0.2) is 0 Å². The quantitative estimate of drug-likeness (QED) is 0.541. The maximum Gasteiger partial charge on any atom is 0.129 e. The predicted octanol–water partition coefficient (Wildman–Crippen LogP) is 7.17. The Bertz CT molecular complexity index is 548. The van der Waals surface area contributed by atoms with Gasteiger partial charge in [0.1, 0.15) is 11.6 Å². The summed E-state index contributed by atoms with van der Waals surface area (Å²) in [6, 6.07) is 2.99. The molecule has 0 amide bonds. The molecule has 0 nitrogen and oxygen atoms in total. The van der Waals surface area contributed by atoms with Crippen molar-refractivity contribution in [2.75, 3.05) is 0 Å². The molecule has 2 heteroatoms. The van der Waals surface area contributed by atoms with Gasteiger partial charge in [0.05, 0.1) is 0 Å². The number of halogens is 2. The highest BCUT2D eigenvalue weighted by atomic mass is 19.1. The van der Waals surface area contributed by atoms with Gasteiger partial charge in [-0.05, 0) is 80.1 Å². The molecule has 1 aromatic carbocycles. The van der Waals surface area contributed by atoms with Crippen LogP contribution in [0.2, 0.25) is 0 Å². The molecule has 0 aliphatic heterocycles. The number of hydrogen-bond acceptors (Lipinski definition) is 0. The molecule has 1 saturated carbocycles. The Morgan fingerprint density at radius 3 is 2.09 bits per heavy atom. The summed E-state index contributed by atoms with van der Waals surface area (Å²) in [5.41, 5.74) is 1.98. The minimum atomic E-state index is -0.431. The van der Waals surface area contributed by atoms with E-state index in [9.17, 15) is 8.78 Å². The zero-order valence-corrected chi connectivity index (χ0v) is 13.7. The van der Waals surface area contributed by atoms with Gasteiger partial charge in [-0.2, -0.15) is 0 Å². The highest BCUT2D eigenvalue weighted by Gasteiger charge is 2.27. The molecule has 1 unspecified atom stereocenters. The first-order valence-corrected chi connectivity index (χ1v) is 8.69. The van der Waals surface area contributed by atoms with Gasteiger partial charge in [-0.1, -0.05) is 33.3 Å². The summed E-state index contributed by atoms with van der Waals surface area (Å²) < 4.78 is 27.5. The summed E-state index contributed by atoms with van der Waals surface area (Å²) in [5.74, 6) is 1.67. The molecule has 0 N–H and O–H groups in total. The van der Waals surface area contributed by atoms with Gasteiger partial charge in [0, 0.05) is 6.99 Å². The van der Waals surface area contributed by atoms with Crippen molar-refractivity contribution in [3.63, 3.8) is 0 Å². The fraction of sp³-hybridized carbons (Fsp3) is 0.619. The fourth-order valence-corrected chi connectivity index (χ4v) is 4.13. The molecule has 0 heterocycles. The lowest BCUT2D eigenvalue weighted by Gasteiger charge is -2.34. The maximum atomic E-state index is 13.7. The van der Waals surface area contributed by atoms with Crippen LogP contribution in [0.15, 0.2) is 18.2 Å². The van der Waals surface area contributed by atoms with Crippen LogP contribution in [0.25, 0.3) is 5.57 Å². The Balaban J connectivity index is 0.00000144. The van der Waals surface area contributed by atoms with Crippen molar-refractivity contribution >= 4 is 5.57 Å². The Kier molecular flexibility index (Phi) is 6.00. The molecule has 0 aromatic heterocycles. The van der Waals surface area contributed by atoms with Crippen LogP contribution >= 0.6 is 0 Å². The first kappa shape index (κ1) is 18.2. The molecule has 1 fully saturated rings. The van der Waals surface area contributed by atoms with Crippen molar-refractivity contribution < 1.29 is 10.2 Å². The van der Waals surface area contributed by atoms with Crippen LogP contribution in [-0.2, 0) is 0 Å². The van der Waals surface area contributed by atoms with Crippen molar-refractivity contribution in [2.24, 2.45) is 17.8 Å². The molecule has 130 valence electrons. The second kappa shape index (κ2) is 7.59. The highest BCUT2D eigenvalue weighted by molar-refractivity contribution is 5.66. The molecule has 0 bridgehead atoms. The molecular formula is C21H32F2. The van der Waals surface area contributed by atoms with Gasteiger partial charge in [-0.3, -0.25) is 0 Å². The third-order valence-corrected chi connectivity index (χ3v) is 5.83. The van der Waals surface area contributed by atoms with Gasteiger partial charge in [-0.25, -0.2) is 8.78 Å². The highest BCUT2D eigenvalue weighted by Crippen LogP contribution is 2.41. The minimum Gasteiger partial charge on any atom is -0.207 e. The van der Waals surface area contributed by atoms with Crippen molar-refractivity contribution in [3.05, 3.63) is 41.0 Å². The normalized spacial score (nSPS) is 28.0. The van der Waals surface area contributed by atoms with E-state index in [1.165, 1.54) is 51.2 Å². The molecule has 0 radical (unpaired) electrons.